The van der Waals surface area contributed by atoms with E-state index in [2.05, 4.69) is 90.4 Å². The highest BCUT2D eigenvalue weighted by Gasteiger charge is 2.52. The molecule has 190 valence electrons. The zero-order valence-electron chi connectivity index (χ0n) is 21.8. The van der Waals surface area contributed by atoms with E-state index in [9.17, 15) is 4.79 Å². The fraction of sp³-hybridized carbons (Fsp3) is 0.531. The lowest BCUT2D eigenvalue weighted by molar-refractivity contribution is -0.145. The SMILES string of the molecule is CC1CCCC2(C)CC3OC(=O)C(CN4CCN(C(c5ccccc5)c5ccccc5)CC4)C3C=C12. The van der Waals surface area contributed by atoms with E-state index in [1.165, 1.54) is 30.4 Å². The van der Waals surface area contributed by atoms with Crippen LogP contribution < -0.4 is 0 Å². The number of carbonyl (C=O) groups is 1. The van der Waals surface area contributed by atoms with E-state index in [1.807, 2.05) is 0 Å². The van der Waals surface area contributed by atoms with Crippen LogP contribution in [0.4, 0.5) is 0 Å². The van der Waals surface area contributed by atoms with Gasteiger partial charge in [-0.3, -0.25) is 14.6 Å². The van der Waals surface area contributed by atoms with Gasteiger partial charge in [0.1, 0.15) is 6.10 Å². The summed E-state index contributed by atoms with van der Waals surface area (Å²) in [4.78, 5) is 18.2. The monoisotopic (exact) mass is 484 g/mol. The molecule has 0 aromatic heterocycles. The van der Waals surface area contributed by atoms with Crippen molar-refractivity contribution in [1.82, 2.24) is 9.80 Å². The molecule has 2 aromatic rings. The normalized spacial score (nSPS) is 33.1. The third-order valence-corrected chi connectivity index (χ3v) is 9.54. The number of rotatable bonds is 5. The second-order valence-electron chi connectivity index (χ2n) is 11.9. The highest BCUT2D eigenvalue weighted by atomic mass is 16.6. The number of nitrogens with zero attached hydrogens (tertiary/aromatic N) is 2. The van der Waals surface area contributed by atoms with Gasteiger partial charge in [0.25, 0.3) is 0 Å². The van der Waals surface area contributed by atoms with E-state index in [1.54, 1.807) is 5.57 Å². The van der Waals surface area contributed by atoms with E-state index in [0.29, 0.717) is 5.92 Å². The number of hydrogen-bond donors (Lipinski definition) is 0. The quantitative estimate of drug-likeness (QED) is 0.402. The molecule has 4 heteroatoms. The minimum atomic E-state index is -0.0215. The molecular weight excluding hydrogens is 444 g/mol. The van der Waals surface area contributed by atoms with Crippen LogP contribution in [0, 0.1) is 23.2 Å². The van der Waals surface area contributed by atoms with E-state index in [0.717, 1.165) is 39.1 Å². The predicted octanol–water partition coefficient (Wildman–Crippen LogP) is 5.71. The van der Waals surface area contributed by atoms with E-state index in [4.69, 9.17) is 4.74 Å². The first-order valence-electron chi connectivity index (χ1n) is 14.0. The molecule has 3 fully saturated rings. The van der Waals surface area contributed by atoms with Gasteiger partial charge in [-0.05, 0) is 41.7 Å². The molecule has 2 aliphatic heterocycles. The van der Waals surface area contributed by atoms with Crippen LogP contribution in [-0.4, -0.2) is 54.6 Å². The molecule has 36 heavy (non-hydrogen) atoms. The number of fused-ring (bicyclic) bond motifs is 2. The Kier molecular flexibility index (Phi) is 6.51. The minimum Gasteiger partial charge on any atom is -0.461 e. The third kappa shape index (κ3) is 4.43. The number of esters is 1. The van der Waals surface area contributed by atoms with Gasteiger partial charge in [-0.25, -0.2) is 0 Å². The second-order valence-corrected chi connectivity index (χ2v) is 11.9. The molecule has 6 rings (SSSR count). The second kappa shape index (κ2) is 9.79. The summed E-state index contributed by atoms with van der Waals surface area (Å²) in [6.45, 7) is 9.58. The molecule has 5 atom stereocenters. The van der Waals surface area contributed by atoms with E-state index in [-0.39, 0.29) is 35.4 Å². The van der Waals surface area contributed by atoms with Crippen LogP contribution in [0.15, 0.2) is 72.3 Å². The lowest BCUT2D eigenvalue weighted by Crippen LogP contribution is -2.50. The first kappa shape index (κ1) is 23.9. The lowest BCUT2D eigenvalue weighted by Gasteiger charge is -2.46. The predicted molar refractivity (Wildman–Crippen MR) is 143 cm³/mol. The van der Waals surface area contributed by atoms with Gasteiger partial charge in [-0.15, -0.1) is 0 Å². The summed E-state index contributed by atoms with van der Waals surface area (Å²) >= 11 is 0. The average Bonchev–Trinajstić information content (AvgIpc) is 3.18. The molecule has 0 amide bonds. The molecule has 5 unspecified atom stereocenters. The van der Waals surface area contributed by atoms with Crippen molar-refractivity contribution in [3.63, 3.8) is 0 Å². The molecular formula is C32H40N2O2. The maximum atomic E-state index is 13.1. The Hall–Kier alpha value is -2.43. The van der Waals surface area contributed by atoms with Gasteiger partial charge in [0.15, 0.2) is 0 Å². The van der Waals surface area contributed by atoms with Crippen LogP contribution in [0.5, 0.6) is 0 Å². The van der Waals surface area contributed by atoms with Gasteiger partial charge < -0.3 is 4.74 Å². The first-order chi connectivity index (χ1) is 17.5. The number of piperazine rings is 1. The maximum Gasteiger partial charge on any atom is 0.311 e. The molecule has 2 aliphatic carbocycles. The van der Waals surface area contributed by atoms with Crippen molar-refractivity contribution in [2.24, 2.45) is 23.2 Å². The number of allylic oxidation sites excluding steroid dienone is 1. The van der Waals surface area contributed by atoms with Crippen LogP contribution >= 0.6 is 0 Å². The van der Waals surface area contributed by atoms with Gasteiger partial charge in [0.2, 0.25) is 0 Å². The van der Waals surface area contributed by atoms with Crippen molar-refractivity contribution in [3.8, 4) is 0 Å². The Bertz CT molecular complexity index is 1050. The smallest absolute Gasteiger partial charge is 0.311 e. The third-order valence-electron chi connectivity index (χ3n) is 9.54. The van der Waals surface area contributed by atoms with Crippen molar-refractivity contribution in [1.29, 1.82) is 0 Å². The van der Waals surface area contributed by atoms with Crippen molar-refractivity contribution in [2.45, 2.75) is 51.7 Å². The van der Waals surface area contributed by atoms with Crippen molar-refractivity contribution in [2.75, 3.05) is 32.7 Å². The van der Waals surface area contributed by atoms with Crippen LogP contribution in [-0.2, 0) is 9.53 Å². The summed E-state index contributed by atoms with van der Waals surface area (Å²) in [7, 11) is 0. The Balaban J connectivity index is 1.15. The van der Waals surface area contributed by atoms with Gasteiger partial charge in [-0.1, -0.05) is 92.6 Å². The standard InChI is InChI=1S/C32H40N2O2/c1-23-10-9-15-32(2)21-29-26(20-28(23)32)27(31(35)36-29)22-33-16-18-34(19-17-33)30(24-11-5-3-6-12-24)25-13-7-4-8-14-25/h3-8,11-14,20,23,26-27,29-30H,9-10,15-19,21-22H2,1-2H3. The lowest BCUT2D eigenvalue weighted by atomic mass is 9.59. The van der Waals surface area contributed by atoms with Gasteiger partial charge >= 0.3 is 5.97 Å². The minimum absolute atomic E-state index is 0.0215. The number of benzene rings is 2. The molecule has 0 bridgehead atoms. The number of carbonyl (C=O) groups excluding carboxylic acids is 1. The first-order valence-corrected chi connectivity index (χ1v) is 14.0. The molecule has 4 nitrogen and oxygen atoms in total. The summed E-state index contributed by atoms with van der Waals surface area (Å²) in [5, 5.41) is 0. The van der Waals surface area contributed by atoms with Crippen LogP contribution in [0.2, 0.25) is 0 Å². The average molecular weight is 485 g/mol. The summed E-state index contributed by atoms with van der Waals surface area (Å²) in [6.07, 6.45) is 7.39. The molecule has 4 aliphatic rings. The fourth-order valence-corrected chi connectivity index (χ4v) is 7.63. The highest BCUT2D eigenvalue weighted by molar-refractivity contribution is 5.76. The largest absolute Gasteiger partial charge is 0.461 e. The highest BCUT2D eigenvalue weighted by Crippen LogP contribution is 2.54. The van der Waals surface area contributed by atoms with Gasteiger partial charge in [0.05, 0.1) is 12.0 Å². The molecule has 2 saturated heterocycles. The number of ether oxygens (including phenoxy) is 1. The van der Waals surface area contributed by atoms with Crippen molar-refractivity contribution < 1.29 is 9.53 Å². The Morgan fingerprint density at radius 2 is 1.61 bits per heavy atom. The summed E-state index contributed by atoms with van der Waals surface area (Å²) in [5.74, 6) is 0.899. The van der Waals surface area contributed by atoms with Gasteiger partial charge in [0, 0.05) is 38.6 Å². The Morgan fingerprint density at radius 1 is 0.972 bits per heavy atom. The molecule has 1 saturated carbocycles. The topological polar surface area (TPSA) is 32.8 Å². The zero-order valence-corrected chi connectivity index (χ0v) is 21.8. The molecule has 2 heterocycles. The fourth-order valence-electron chi connectivity index (χ4n) is 7.63. The molecule has 0 N–H and O–H groups in total. The molecule has 0 radical (unpaired) electrons. The van der Waals surface area contributed by atoms with E-state index < -0.39 is 0 Å². The summed E-state index contributed by atoms with van der Waals surface area (Å²) < 4.78 is 6.02. The van der Waals surface area contributed by atoms with E-state index >= 15 is 0 Å². The van der Waals surface area contributed by atoms with Crippen molar-refractivity contribution in [3.05, 3.63) is 83.4 Å². The maximum absolute atomic E-state index is 13.1. The molecule has 0 spiro atoms. The number of hydrogen-bond acceptors (Lipinski definition) is 4. The van der Waals surface area contributed by atoms with Crippen molar-refractivity contribution >= 4 is 5.97 Å². The Labute approximate surface area is 216 Å². The van der Waals surface area contributed by atoms with Crippen LogP contribution in [0.1, 0.15) is 56.7 Å². The van der Waals surface area contributed by atoms with Crippen LogP contribution in [0.25, 0.3) is 0 Å². The summed E-state index contributed by atoms with van der Waals surface area (Å²) in [5.41, 5.74) is 4.52. The Morgan fingerprint density at radius 3 is 2.25 bits per heavy atom. The zero-order chi connectivity index (χ0) is 24.7. The molecule has 2 aromatic carbocycles. The van der Waals surface area contributed by atoms with Crippen LogP contribution in [0.3, 0.4) is 0 Å². The van der Waals surface area contributed by atoms with Gasteiger partial charge in [-0.2, -0.15) is 0 Å². The summed E-state index contributed by atoms with van der Waals surface area (Å²) in [6, 6.07) is 22.0.